The second-order valence-electron chi connectivity index (χ2n) is 9.82. The standard InChI is InChI=1S/C28H37NO3.C4H9N/c1-4-6-20-32-27-17-14-24(21-22(27)3)18-19-29-28(31)11-9-7-8-10-26(30)25-15-12-23(5-2)13-16-25;1-5-3-2-4-5/h4,12-17,21H,1,5-11,18-20H2,2-3H3,(H,29,31);2-4H2,1H3. The Morgan fingerprint density at radius 3 is 2.30 bits per heavy atom. The van der Waals surface area contributed by atoms with Crippen LogP contribution in [0.3, 0.4) is 0 Å². The summed E-state index contributed by atoms with van der Waals surface area (Å²) in [6.07, 6.45) is 9.43. The molecule has 1 aliphatic rings. The van der Waals surface area contributed by atoms with Crippen LogP contribution in [0.25, 0.3) is 0 Å². The molecular formula is C32H46N2O3. The number of nitrogens with one attached hydrogen (secondary N) is 1. The average molecular weight is 507 g/mol. The third-order valence-corrected chi connectivity index (χ3v) is 6.63. The molecule has 1 fully saturated rings. The number of nitrogens with zero attached hydrogens (tertiary/aromatic N) is 1. The Labute approximate surface area is 224 Å². The summed E-state index contributed by atoms with van der Waals surface area (Å²) in [6, 6.07) is 14.0. The average Bonchev–Trinajstić information content (AvgIpc) is 2.89. The van der Waals surface area contributed by atoms with Crippen molar-refractivity contribution < 1.29 is 14.3 Å². The van der Waals surface area contributed by atoms with Gasteiger partial charge in [-0.15, -0.1) is 6.58 Å². The largest absolute Gasteiger partial charge is 0.493 e. The number of unbranched alkanes of at least 4 members (excludes halogenated alkanes) is 2. The maximum Gasteiger partial charge on any atom is 0.220 e. The molecule has 0 aromatic heterocycles. The molecule has 0 bridgehead atoms. The number of hydrogen-bond acceptors (Lipinski definition) is 4. The van der Waals surface area contributed by atoms with Crippen molar-refractivity contribution in [3.63, 3.8) is 0 Å². The lowest BCUT2D eigenvalue weighted by atomic mass is 10.0. The lowest BCUT2D eigenvalue weighted by Crippen LogP contribution is -2.32. The first-order chi connectivity index (χ1) is 17.9. The third kappa shape index (κ3) is 12.2. The highest BCUT2D eigenvalue weighted by atomic mass is 16.5. The monoisotopic (exact) mass is 506 g/mol. The smallest absolute Gasteiger partial charge is 0.220 e. The zero-order valence-corrected chi connectivity index (χ0v) is 23.2. The number of amides is 1. The Bertz CT molecular complexity index is 964. The molecule has 5 heteroatoms. The topological polar surface area (TPSA) is 58.6 Å². The van der Waals surface area contributed by atoms with Crippen molar-refractivity contribution >= 4 is 11.7 Å². The van der Waals surface area contributed by atoms with Crippen LogP contribution >= 0.6 is 0 Å². The van der Waals surface area contributed by atoms with Crippen LogP contribution in [0.4, 0.5) is 0 Å². The van der Waals surface area contributed by atoms with Crippen LogP contribution in [-0.4, -0.2) is 49.9 Å². The molecule has 0 saturated carbocycles. The first-order valence-electron chi connectivity index (χ1n) is 13.8. The van der Waals surface area contributed by atoms with E-state index in [9.17, 15) is 9.59 Å². The van der Waals surface area contributed by atoms with E-state index in [2.05, 4.69) is 42.9 Å². The van der Waals surface area contributed by atoms with Gasteiger partial charge in [-0.05, 0) is 88.3 Å². The summed E-state index contributed by atoms with van der Waals surface area (Å²) in [7, 11) is 2.14. The molecule has 3 rings (SSSR count). The van der Waals surface area contributed by atoms with Crippen LogP contribution in [0.1, 0.15) is 78.9 Å². The number of Topliss-reactive ketones (excluding diaryl/α,β-unsaturated/α-hetero) is 1. The van der Waals surface area contributed by atoms with Gasteiger partial charge in [0.1, 0.15) is 5.75 Å². The van der Waals surface area contributed by atoms with Crippen molar-refractivity contribution in [3.8, 4) is 5.75 Å². The molecule has 1 saturated heterocycles. The molecule has 2 aromatic carbocycles. The normalized spacial score (nSPS) is 12.6. The molecule has 1 N–H and O–H groups in total. The van der Waals surface area contributed by atoms with Gasteiger partial charge in [0.05, 0.1) is 6.61 Å². The summed E-state index contributed by atoms with van der Waals surface area (Å²) in [5.74, 6) is 1.16. The fraction of sp³-hybridized carbons (Fsp3) is 0.500. The van der Waals surface area contributed by atoms with E-state index in [1.165, 1.54) is 30.6 Å². The van der Waals surface area contributed by atoms with E-state index in [1.54, 1.807) is 0 Å². The van der Waals surface area contributed by atoms with Gasteiger partial charge in [-0.1, -0.05) is 55.8 Å². The minimum atomic E-state index is 0.0765. The van der Waals surface area contributed by atoms with Crippen molar-refractivity contribution in [2.75, 3.05) is 33.3 Å². The van der Waals surface area contributed by atoms with Crippen LogP contribution < -0.4 is 10.1 Å². The summed E-state index contributed by atoms with van der Waals surface area (Å²) in [4.78, 5) is 26.6. The molecule has 202 valence electrons. The Hall–Kier alpha value is -2.92. The second kappa shape index (κ2) is 17.5. The van der Waals surface area contributed by atoms with E-state index >= 15 is 0 Å². The Balaban J connectivity index is 0.000000856. The fourth-order valence-electron chi connectivity index (χ4n) is 4.01. The van der Waals surface area contributed by atoms with Gasteiger partial charge in [0.25, 0.3) is 0 Å². The van der Waals surface area contributed by atoms with Crippen LogP contribution in [0.2, 0.25) is 0 Å². The summed E-state index contributed by atoms with van der Waals surface area (Å²) in [5.41, 5.74) is 4.32. The highest BCUT2D eigenvalue weighted by Gasteiger charge is 2.07. The number of ether oxygens (including phenoxy) is 1. The quantitative estimate of drug-likeness (QED) is 0.174. The number of hydrogen-bond donors (Lipinski definition) is 1. The number of aryl methyl sites for hydroxylation is 2. The molecule has 2 aromatic rings. The first kappa shape index (κ1) is 30.3. The van der Waals surface area contributed by atoms with E-state index in [1.807, 2.05) is 43.3 Å². The lowest BCUT2D eigenvalue weighted by Gasteiger charge is -2.24. The number of rotatable bonds is 15. The molecule has 37 heavy (non-hydrogen) atoms. The molecule has 0 atom stereocenters. The summed E-state index contributed by atoms with van der Waals surface area (Å²) in [5, 5.41) is 3.00. The van der Waals surface area contributed by atoms with Crippen LogP contribution in [0, 0.1) is 6.92 Å². The highest BCUT2D eigenvalue weighted by molar-refractivity contribution is 5.96. The van der Waals surface area contributed by atoms with Crippen molar-refractivity contribution in [2.24, 2.45) is 0 Å². The van der Waals surface area contributed by atoms with E-state index in [0.29, 0.717) is 26.0 Å². The molecular weight excluding hydrogens is 460 g/mol. The summed E-state index contributed by atoms with van der Waals surface area (Å²) >= 11 is 0. The van der Waals surface area contributed by atoms with Crippen molar-refractivity contribution in [1.82, 2.24) is 10.2 Å². The Morgan fingerprint density at radius 2 is 1.70 bits per heavy atom. The maximum absolute atomic E-state index is 12.2. The van der Waals surface area contributed by atoms with Crippen LogP contribution in [-0.2, 0) is 17.6 Å². The molecule has 0 unspecified atom stereocenters. The van der Waals surface area contributed by atoms with Gasteiger partial charge in [0.2, 0.25) is 5.91 Å². The minimum Gasteiger partial charge on any atom is -0.493 e. The van der Waals surface area contributed by atoms with Crippen molar-refractivity contribution in [1.29, 1.82) is 0 Å². The molecule has 1 aliphatic heterocycles. The minimum absolute atomic E-state index is 0.0765. The number of ketones is 1. The van der Waals surface area contributed by atoms with Crippen molar-refractivity contribution in [2.45, 2.75) is 71.6 Å². The van der Waals surface area contributed by atoms with Gasteiger partial charge in [-0.25, -0.2) is 0 Å². The first-order valence-corrected chi connectivity index (χ1v) is 13.8. The summed E-state index contributed by atoms with van der Waals surface area (Å²) < 4.78 is 5.73. The van der Waals surface area contributed by atoms with Gasteiger partial charge in [0, 0.05) is 24.9 Å². The predicted octanol–water partition coefficient (Wildman–Crippen LogP) is 6.33. The predicted molar refractivity (Wildman–Crippen MR) is 154 cm³/mol. The zero-order chi connectivity index (χ0) is 26.9. The number of carbonyl (C=O) groups is 2. The fourth-order valence-corrected chi connectivity index (χ4v) is 4.01. The molecule has 0 radical (unpaired) electrons. The van der Waals surface area contributed by atoms with E-state index in [4.69, 9.17) is 4.74 Å². The Kier molecular flexibility index (Phi) is 14.4. The number of benzene rings is 2. The highest BCUT2D eigenvalue weighted by Crippen LogP contribution is 2.19. The second-order valence-corrected chi connectivity index (χ2v) is 9.82. The van der Waals surface area contributed by atoms with Gasteiger partial charge in [-0.3, -0.25) is 9.59 Å². The van der Waals surface area contributed by atoms with E-state index in [-0.39, 0.29) is 11.7 Å². The van der Waals surface area contributed by atoms with Crippen LogP contribution in [0.15, 0.2) is 55.1 Å². The van der Waals surface area contributed by atoms with Crippen LogP contribution in [0.5, 0.6) is 5.75 Å². The van der Waals surface area contributed by atoms with Crippen molar-refractivity contribution in [3.05, 3.63) is 77.4 Å². The van der Waals surface area contributed by atoms with Gasteiger partial charge >= 0.3 is 0 Å². The number of likely N-dealkylation sites (tertiary alicyclic amines) is 1. The zero-order valence-electron chi connectivity index (χ0n) is 23.2. The SMILES string of the molecule is C=CCCOc1ccc(CCNC(=O)CCCCCC(=O)c2ccc(CC)cc2)cc1C.CN1CCC1. The van der Waals surface area contributed by atoms with Gasteiger partial charge in [-0.2, -0.15) is 0 Å². The van der Waals surface area contributed by atoms with E-state index < -0.39 is 0 Å². The maximum atomic E-state index is 12.2. The number of carbonyl (C=O) groups excluding carboxylic acids is 2. The molecule has 0 spiro atoms. The lowest BCUT2D eigenvalue weighted by molar-refractivity contribution is -0.121. The molecule has 0 aliphatic carbocycles. The molecule has 1 amide bonds. The van der Waals surface area contributed by atoms with Gasteiger partial charge in [0.15, 0.2) is 5.78 Å². The molecule has 5 nitrogen and oxygen atoms in total. The summed E-state index contributed by atoms with van der Waals surface area (Å²) in [6.45, 7) is 11.7. The van der Waals surface area contributed by atoms with E-state index in [0.717, 1.165) is 55.4 Å². The Morgan fingerprint density at radius 1 is 1.03 bits per heavy atom. The third-order valence-electron chi connectivity index (χ3n) is 6.63. The molecule has 1 heterocycles. The van der Waals surface area contributed by atoms with Gasteiger partial charge < -0.3 is 15.0 Å².